The summed E-state index contributed by atoms with van der Waals surface area (Å²) in [4.78, 5) is 0. The van der Waals surface area contributed by atoms with Crippen LogP contribution in [0.5, 0.6) is 11.5 Å². The van der Waals surface area contributed by atoms with E-state index in [9.17, 15) is 0 Å². The zero-order valence-electron chi connectivity index (χ0n) is 11.3. The normalized spacial score (nSPS) is 16.7. The molecule has 1 heterocycles. The van der Waals surface area contributed by atoms with Crippen molar-refractivity contribution >= 4 is 6.08 Å². The van der Waals surface area contributed by atoms with Crippen LogP contribution in [0.25, 0.3) is 6.08 Å². The molecule has 19 heavy (non-hydrogen) atoms. The lowest BCUT2D eigenvalue weighted by Gasteiger charge is -2.24. The van der Waals surface area contributed by atoms with Gasteiger partial charge in [-0.05, 0) is 6.07 Å². The molecule has 0 saturated carbocycles. The summed E-state index contributed by atoms with van der Waals surface area (Å²) in [6.45, 7) is 2.04. The molecular weight excluding hydrogens is 242 g/mol. The molecule has 1 aromatic carbocycles. The van der Waals surface area contributed by atoms with Gasteiger partial charge in [-0.3, -0.25) is 0 Å². The quantitative estimate of drug-likeness (QED) is 0.885. The van der Waals surface area contributed by atoms with Crippen LogP contribution in [0, 0.1) is 0 Å². The maximum Gasteiger partial charge on any atom is 0.167 e. The van der Waals surface area contributed by atoms with Gasteiger partial charge >= 0.3 is 0 Å². The maximum absolute atomic E-state index is 6.03. The minimum absolute atomic E-state index is 0.205. The summed E-state index contributed by atoms with van der Waals surface area (Å²) in [6.07, 6.45) is 5.90. The molecule has 0 bridgehead atoms. The Morgan fingerprint density at radius 2 is 2.16 bits per heavy atom. The van der Waals surface area contributed by atoms with Crippen molar-refractivity contribution in [3.05, 3.63) is 29.8 Å². The van der Waals surface area contributed by atoms with E-state index in [-0.39, 0.29) is 6.10 Å². The van der Waals surface area contributed by atoms with Crippen molar-refractivity contribution < 1.29 is 14.2 Å². The van der Waals surface area contributed by atoms with Crippen molar-refractivity contribution in [2.75, 3.05) is 26.9 Å². The molecule has 0 radical (unpaired) electrons. The molecule has 0 unspecified atom stereocenters. The molecule has 0 aromatic heterocycles. The molecular formula is C15H21NO3. The molecule has 2 N–H and O–H groups in total. The molecule has 4 heteroatoms. The third-order valence-electron chi connectivity index (χ3n) is 3.11. The van der Waals surface area contributed by atoms with Gasteiger partial charge in [-0.15, -0.1) is 0 Å². The van der Waals surface area contributed by atoms with Crippen molar-refractivity contribution in [2.24, 2.45) is 5.73 Å². The van der Waals surface area contributed by atoms with Crippen LogP contribution in [0.1, 0.15) is 18.4 Å². The highest BCUT2D eigenvalue weighted by Gasteiger charge is 2.18. The van der Waals surface area contributed by atoms with E-state index < -0.39 is 0 Å². The average Bonchev–Trinajstić information content (AvgIpc) is 2.46. The second-order valence-corrected chi connectivity index (χ2v) is 4.45. The highest BCUT2D eigenvalue weighted by Crippen LogP contribution is 2.33. The SMILES string of the molecule is COc1c(/C=C/CN)cccc1OC1CCOCC1. The molecule has 0 atom stereocenters. The second kappa shape index (κ2) is 7.16. The van der Waals surface area contributed by atoms with Crippen LogP contribution in [0.2, 0.25) is 0 Å². The highest BCUT2D eigenvalue weighted by molar-refractivity contribution is 5.62. The first-order valence-corrected chi connectivity index (χ1v) is 6.63. The number of hydrogen-bond acceptors (Lipinski definition) is 4. The van der Waals surface area contributed by atoms with Crippen molar-refractivity contribution in [1.82, 2.24) is 0 Å². The minimum atomic E-state index is 0.205. The number of ether oxygens (including phenoxy) is 3. The van der Waals surface area contributed by atoms with Crippen LogP contribution in [-0.4, -0.2) is 33.0 Å². The predicted octanol–water partition coefficient (Wildman–Crippen LogP) is 2.22. The van der Waals surface area contributed by atoms with Gasteiger partial charge < -0.3 is 19.9 Å². The van der Waals surface area contributed by atoms with E-state index in [2.05, 4.69) is 0 Å². The van der Waals surface area contributed by atoms with Gasteiger partial charge in [0.05, 0.1) is 20.3 Å². The fourth-order valence-electron chi connectivity index (χ4n) is 2.14. The summed E-state index contributed by atoms with van der Waals surface area (Å²) >= 11 is 0. The molecule has 1 fully saturated rings. The first kappa shape index (κ1) is 13.9. The minimum Gasteiger partial charge on any atom is -0.492 e. The Labute approximate surface area is 114 Å². The van der Waals surface area contributed by atoms with Crippen LogP contribution in [0.4, 0.5) is 0 Å². The smallest absolute Gasteiger partial charge is 0.167 e. The van der Waals surface area contributed by atoms with Gasteiger partial charge in [-0.1, -0.05) is 24.3 Å². The number of rotatable bonds is 5. The first-order valence-electron chi connectivity index (χ1n) is 6.63. The van der Waals surface area contributed by atoms with Gasteiger partial charge in [0.2, 0.25) is 0 Å². The Morgan fingerprint density at radius 3 is 2.84 bits per heavy atom. The summed E-state index contributed by atoms with van der Waals surface area (Å²) in [5.41, 5.74) is 6.47. The van der Waals surface area contributed by atoms with Crippen molar-refractivity contribution in [1.29, 1.82) is 0 Å². The fourth-order valence-corrected chi connectivity index (χ4v) is 2.14. The van der Waals surface area contributed by atoms with Crippen molar-refractivity contribution in [2.45, 2.75) is 18.9 Å². The van der Waals surface area contributed by atoms with E-state index in [0.717, 1.165) is 43.1 Å². The maximum atomic E-state index is 6.03. The number of benzene rings is 1. The van der Waals surface area contributed by atoms with E-state index in [1.165, 1.54) is 0 Å². The molecule has 1 aliphatic rings. The Balaban J connectivity index is 2.16. The zero-order valence-corrected chi connectivity index (χ0v) is 11.3. The van der Waals surface area contributed by atoms with Crippen LogP contribution in [-0.2, 0) is 4.74 Å². The van der Waals surface area contributed by atoms with Gasteiger partial charge in [-0.2, -0.15) is 0 Å². The predicted molar refractivity (Wildman–Crippen MR) is 75.6 cm³/mol. The molecule has 2 rings (SSSR count). The third kappa shape index (κ3) is 3.72. The van der Waals surface area contributed by atoms with Crippen LogP contribution >= 0.6 is 0 Å². The summed E-state index contributed by atoms with van der Waals surface area (Å²) < 4.78 is 16.8. The molecule has 0 spiro atoms. The lowest BCUT2D eigenvalue weighted by Crippen LogP contribution is -2.26. The van der Waals surface area contributed by atoms with Gasteiger partial charge in [0.15, 0.2) is 11.5 Å². The topological polar surface area (TPSA) is 53.7 Å². The van der Waals surface area contributed by atoms with E-state index in [1.54, 1.807) is 7.11 Å². The number of nitrogens with two attached hydrogens (primary N) is 1. The van der Waals surface area contributed by atoms with Crippen LogP contribution in [0.3, 0.4) is 0 Å². The lowest BCUT2D eigenvalue weighted by atomic mass is 10.1. The number of methoxy groups -OCH3 is 1. The van der Waals surface area contributed by atoms with E-state index in [0.29, 0.717) is 6.54 Å². The Bertz CT molecular complexity index is 425. The molecule has 1 aromatic rings. The standard InChI is InChI=1S/C15H21NO3/c1-17-15-12(5-3-9-16)4-2-6-14(15)19-13-7-10-18-11-8-13/h2-6,13H,7-11,16H2,1H3/b5-3+. The van der Waals surface area contributed by atoms with E-state index in [1.807, 2.05) is 30.4 Å². The molecule has 0 aliphatic carbocycles. The summed E-state index contributed by atoms with van der Waals surface area (Å²) in [5, 5.41) is 0. The Kier molecular flexibility index (Phi) is 5.24. The monoisotopic (exact) mass is 263 g/mol. The van der Waals surface area contributed by atoms with Crippen LogP contribution < -0.4 is 15.2 Å². The Hall–Kier alpha value is -1.52. The zero-order chi connectivity index (χ0) is 13.5. The van der Waals surface area contributed by atoms with Crippen molar-refractivity contribution in [3.63, 3.8) is 0 Å². The third-order valence-corrected chi connectivity index (χ3v) is 3.11. The van der Waals surface area contributed by atoms with E-state index in [4.69, 9.17) is 19.9 Å². The van der Waals surface area contributed by atoms with E-state index >= 15 is 0 Å². The van der Waals surface area contributed by atoms with Gasteiger partial charge in [0, 0.05) is 24.9 Å². The Morgan fingerprint density at radius 1 is 1.37 bits per heavy atom. The van der Waals surface area contributed by atoms with Crippen LogP contribution in [0.15, 0.2) is 24.3 Å². The largest absolute Gasteiger partial charge is 0.492 e. The molecule has 1 saturated heterocycles. The number of para-hydroxylation sites is 1. The average molecular weight is 263 g/mol. The van der Waals surface area contributed by atoms with Crippen molar-refractivity contribution in [3.8, 4) is 11.5 Å². The molecule has 1 aliphatic heterocycles. The molecule has 0 amide bonds. The summed E-state index contributed by atoms with van der Waals surface area (Å²) in [5.74, 6) is 1.55. The summed E-state index contributed by atoms with van der Waals surface area (Å²) in [7, 11) is 1.66. The highest BCUT2D eigenvalue weighted by atomic mass is 16.5. The van der Waals surface area contributed by atoms with Gasteiger partial charge in [-0.25, -0.2) is 0 Å². The summed E-state index contributed by atoms with van der Waals surface area (Å²) in [6, 6.07) is 5.89. The second-order valence-electron chi connectivity index (χ2n) is 4.45. The fraction of sp³-hybridized carbons (Fsp3) is 0.467. The molecule has 4 nitrogen and oxygen atoms in total. The first-order chi connectivity index (χ1) is 9.35. The van der Waals surface area contributed by atoms with Gasteiger partial charge in [0.25, 0.3) is 0 Å². The van der Waals surface area contributed by atoms with Gasteiger partial charge in [0.1, 0.15) is 6.10 Å². The number of hydrogen-bond donors (Lipinski definition) is 1. The lowest BCUT2D eigenvalue weighted by molar-refractivity contribution is 0.0245. The molecule has 104 valence electrons.